The van der Waals surface area contributed by atoms with E-state index in [2.05, 4.69) is 194 Å². The van der Waals surface area contributed by atoms with E-state index in [1.165, 1.54) is 105 Å². The largest absolute Gasteiger partial charge is 0.309 e. The fraction of sp³-hybridized carbons (Fsp3) is 0.0769. The maximum atomic E-state index is 2.50. The van der Waals surface area contributed by atoms with E-state index in [1.807, 2.05) is 11.8 Å². The smallest absolute Gasteiger partial charge is 0.0544 e. The Kier molecular flexibility index (Phi) is 6.96. The Morgan fingerprint density at radius 3 is 1.85 bits per heavy atom. The van der Waals surface area contributed by atoms with Gasteiger partial charge in [0.15, 0.2) is 0 Å². The Bertz CT molecular complexity index is 2890. The molecular formula is C52H37NS. The van der Waals surface area contributed by atoms with Crippen molar-refractivity contribution in [1.29, 1.82) is 0 Å². The van der Waals surface area contributed by atoms with Crippen LogP contribution in [-0.4, -0.2) is 4.57 Å². The number of benzene rings is 8. The summed E-state index contributed by atoms with van der Waals surface area (Å²) in [4.78, 5) is 1.34. The maximum absolute atomic E-state index is 2.50. The van der Waals surface area contributed by atoms with Crippen molar-refractivity contribution in [1.82, 2.24) is 4.57 Å². The van der Waals surface area contributed by atoms with E-state index in [9.17, 15) is 0 Å². The van der Waals surface area contributed by atoms with Crippen LogP contribution in [-0.2, 0) is 11.2 Å². The normalized spacial score (nSPS) is 13.7. The molecule has 0 radical (unpaired) electrons. The summed E-state index contributed by atoms with van der Waals surface area (Å²) >= 11 is 1.94. The van der Waals surface area contributed by atoms with E-state index >= 15 is 0 Å². The van der Waals surface area contributed by atoms with Gasteiger partial charge < -0.3 is 4.57 Å². The second-order valence-electron chi connectivity index (χ2n) is 15.3. The summed E-state index contributed by atoms with van der Waals surface area (Å²) < 4.78 is 2.50. The number of para-hydroxylation sites is 1. The average molecular weight is 708 g/mol. The summed E-state index contributed by atoms with van der Waals surface area (Å²) in [6.07, 6.45) is 0. The highest BCUT2D eigenvalue weighted by Crippen LogP contribution is 2.51. The Morgan fingerprint density at radius 2 is 1.09 bits per heavy atom. The first-order chi connectivity index (χ1) is 26.5. The van der Waals surface area contributed by atoms with Crippen LogP contribution in [0.1, 0.15) is 30.5 Å². The minimum atomic E-state index is -0.0675. The van der Waals surface area contributed by atoms with Gasteiger partial charge in [0.1, 0.15) is 0 Å². The van der Waals surface area contributed by atoms with Crippen molar-refractivity contribution in [3.8, 4) is 61.3 Å². The lowest BCUT2D eigenvalue weighted by Crippen LogP contribution is -2.15. The van der Waals surface area contributed by atoms with Crippen LogP contribution in [0.4, 0.5) is 0 Å². The monoisotopic (exact) mass is 707 g/mol. The molecule has 0 N–H and O–H groups in total. The van der Waals surface area contributed by atoms with E-state index in [-0.39, 0.29) is 5.41 Å². The number of nitrogens with zero attached hydrogens (tertiary/aromatic N) is 1. The van der Waals surface area contributed by atoms with Crippen molar-refractivity contribution < 1.29 is 0 Å². The lowest BCUT2D eigenvalue weighted by Gasteiger charge is -2.23. The highest BCUT2D eigenvalue weighted by Gasteiger charge is 2.36. The third kappa shape index (κ3) is 4.80. The molecule has 0 saturated carbocycles. The lowest BCUT2D eigenvalue weighted by molar-refractivity contribution is 0.661. The van der Waals surface area contributed by atoms with Crippen LogP contribution >= 0.6 is 11.8 Å². The number of aromatic nitrogens is 1. The Labute approximate surface area is 320 Å². The van der Waals surface area contributed by atoms with E-state index in [0.717, 1.165) is 5.75 Å². The van der Waals surface area contributed by atoms with E-state index < -0.39 is 0 Å². The predicted octanol–water partition coefficient (Wildman–Crippen LogP) is 14.4. The van der Waals surface area contributed by atoms with Gasteiger partial charge in [-0.3, -0.25) is 0 Å². The number of hydrogen-bond acceptors (Lipinski definition) is 1. The van der Waals surface area contributed by atoms with E-state index in [1.54, 1.807) is 0 Å². The number of thioether (sulfide) groups is 1. The van der Waals surface area contributed by atoms with Crippen molar-refractivity contribution >= 4 is 33.6 Å². The summed E-state index contributed by atoms with van der Waals surface area (Å²) in [7, 11) is 0. The molecule has 256 valence electrons. The fourth-order valence-electron chi connectivity index (χ4n) is 9.11. The quantitative estimate of drug-likeness (QED) is 0.176. The summed E-state index contributed by atoms with van der Waals surface area (Å²) in [5, 5.41) is 2.60. The molecule has 1 aliphatic heterocycles. The SMILES string of the molecule is CC1(C)c2ccccc2-c2cc3c4ccccc4n(-c4ccc5c(c4)-c4cc(-c6cc(-c7ccccc7)cc(-c7ccccc7)c6)ccc4SC5)c3cc21. The van der Waals surface area contributed by atoms with Crippen LogP contribution in [0.5, 0.6) is 0 Å². The number of rotatable bonds is 4. The lowest BCUT2D eigenvalue weighted by atomic mass is 9.82. The van der Waals surface area contributed by atoms with E-state index in [4.69, 9.17) is 0 Å². The van der Waals surface area contributed by atoms with Gasteiger partial charge in [0, 0.05) is 32.5 Å². The second-order valence-corrected chi connectivity index (χ2v) is 16.3. The third-order valence-corrected chi connectivity index (χ3v) is 13.0. The molecule has 8 aromatic carbocycles. The molecule has 0 fully saturated rings. The molecule has 1 aromatic heterocycles. The molecule has 1 aliphatic carbocycles. The van der Waals surface area contributed by atoms with Crippen LogP contribution < -0.4 is 0 Å². The van der Waals surface area contributed by atoms with Crippen molar-refractivity contribution in [3.63, 3.8) is 0 Å². The molecule has 0 spiro atoms. The van der Waals surface area contributed by atoms with Gasteiger partial charge >= 0.3 is 0 Å². The van der Waals surface area contributed by atoms with Gasteiger partial charge in [-0.15, -0.1) is 11.8 Å². The summed E-state index contributed by atoms with van der Waals surface area (Å²) in [5.74, 6) is 0.969. The Hall–Kier alpha value is -6.09. The van der Waals surface area contributed by atoms with Crippen molar-refractivity contribution in [2.24, 2.45) is 0 Å². The first kappa shape index (κ1) is 31.4. The highest BCUT2D eigenvalue weighted by molar-refractivity contribution is 7.98. The zero-order chi connectivity index (χ0) is 36.0. The second kappa shape index (κ2) is 12.0. The predicted molar refractivity (Wildman–Crippen MR) is 230 cm³/mol. The zero-order valence-electron chi connectivity index (χ0n) is 30.3. The first-order valence-electron chi connectivity index (χ1n) is 18.9. The molecule has 2 heteroatoms. The van der Waals surface area contributed by atoms with Gasteiger partial charge in [0.25, 0.3) is 0 Å². The Morgan fingerprint density at radius 1 is 0.426 bits per heavy atom. The van der Waals surface area contributed by atoms with Crippen LogP contribution in [0.2, 0.25) is 0 Å². The summed E-state index contributed by atoms with van der Waals surface area (Å²) in [6, 6.07) is 65.6. The van der Waals surface area contributed by atoms with Gasteiger partial charge in [-0.25, -0.2) is 0 Å². The van der Waals surface area contributed by atoms with Crippen molar-refractivity contribution in [2.45, 2.75) is 29.9 Å². The van der Waals surface area contributed by atoms with Crippen LogP contribution in [0.15, 0.2) is 181 Å². The molecule has 11 rings (SSSR count). The molecule has 0 unspecified atom stereocenters. The van der Waals surface area contributed by atoms with Gasteiger partial charge in [-0.1, -0.05) is 129 Å². The van der Waals surface area contributed by atoms with Crippen molar-refractivity contribution in [3.05, 3.63) is 193 Å². The van der Waals surface area contributed by atoms with Crippen molar-refractivity contribution in [2.75, 3.05) is 0 Å². The van der Waals surface area contributed by atoms with Gasteiger partial charge in [0.05, 0.1) is 11.0 Å². The van der Waals surface area contributed by atoms with Gasteiger partial charge in [-0.2, -0.15) is 0 Å². The average Bonchev–Trinajstić information content (AvgIpc) is 3.67. The van der Waals surface area contributed by atoms with Gasteiger partial charge in [0.2, 0.25) is 0 Å². The van der Waals surface area contributed by atoms with Crippen LogP contribution in [0, 0.1) is 0 Å². The zero-order valence-corrected chi connectivity index (χ0v) is 31.1. The van der Waals surface area contributed by atoms with Crippen LogP contribution in [0.25, 0.3) is 83.1 Å². The molecule has 1 nitrogen and oxygen atoms in total. The van der Waals surface area contributed by atoms with E-state index in [0.29, 0.717) is 0 Å². The summed E-state index contributed by atoms with van der Waals surface area (Å²) in [6.45, 7) is 4.75. The molecular weight excluding hydrogens is 671 g/mol. The molecule has 54 heavy (non-hydrogen) atoms. The summed E-state index contributed by atoms with van der Waals surface area (Å²) in [5.41, 5.74) is 20.6. The minimum absolute atomic E-state index is 0.0675. The number of hydrogen-bond donors (Lipinski definition) is 0. The molecule has 0 amide bonds. The number of fused-ring (bicyclic) bond motifs is 9. The minimum Gasteiger partial charge on any atom is -0.309 e. The fourth-order valence-corrected chi connectivity index (χ4v) is 10.2. The topological polar surface area (TPSA) is 4.93 Å². The first-order valence-corrected chi connectivity index (χ1v) is 19.8. The molecule has 0 saturated heterocycles. The molecule has 0 bridgehead atoms. The maximum Gasteiger partial charge on any atom is 0.0544 e. The molecule has 2 heterocycles. The standard InChI is InChI=1S/C52H37NS/c1-52(2)47-19-11-9-17-41(47)44-30-45-42-18-10-12-20-49(42)53(50(45)31-48(44)52)40-23-21-36-32-54-51-24-22-35(28-46(51)43(36)29-40)39-26-37(33-13-5-3-6-14-33)25-38(27-39)34-15-7-4-8-16-34/h3-31H,32H2,1-2H3. The molecule has 2 aliphatic rings. The third-order valence-electron chi connectivity index (χ3n) is 11.9. The highest BCUT2D eigenvalue weighted by atomic mass is 32.2. The van der Waals surface area contributed by atoms with Crippen LogP contribution in [0.3, 0.4) is 0 Å². The Balaban J connectivity index is 1.08. The molecule has 0 atom stereocenters. The van der Waals surface area contributed by atoms with Gasteiger partial charge in [-0.05, 0) is 133 Å². The molecule has 9 aromatic rings.